The molecule has 3 nitrogen and oxygen atoms in total. The molecule has 1 aromatic carbocycles. The Morgan fingerprint density at radius 2 is 1.73 bits per heavy atom. The fourth-order valence-electron chi connectivity index (χ4n) is 1.54. The summed E-state index contributed by atoms with van der Waals surface area (Å²) in [6.45, 7) is 2.09. The van der Waals surface area contributed by atoms with E-state index < -0.39 is 0 Å². The molecule has 0 heterocycles. The summed E-state index contributed by atoms with van der Waals surface area (Å²) in [6, 6.07) is 5.57. The van der Waals surface area contributed by atoms with Crippen LogP contribution in [0.2, 0.25) is 0 Å². The van der Waals surface area contributed by atoms with E-state index in [1.165, 1.54) is 0 Å². The van der Waals surface area contributed by atoms with Crippen LogP contribution in [0.25, 0.3) is 0 Å². The Labute approximate surface area is 90.2 Å². The van der Waals surface area contributed by atoms with Gasteiger partial charge in [0, 0.05) is 5.56 Å². The Bertz CT molecular complexity index is 355. The predicted octanol–water partition coefficient (Wildman–Crippen LogP) is 2.53. The maximum absolute atomic E-state index is 8.84. The van der Waals surface area contributed by atoms with Crippen molar-refractivity contribution in [2.45, 2.75) is 19.8 Å². The Kier molecular flexibility index (Phi) is 3.99. The lowest BCUT2D eigenvalue weighted by Gasteiger charge is -2.12. The molecule has 80 valence electrons. The molecule has 0 radical (unpaired) electrons. The highest BCUT2D eigenvalue weighted by atomic mass is 16.5. The van der Waals surface area contributed by atoms with Gasteiger partial charge in [0.15, 0.2) is 0 Å². The normalized spacial score (nSPS) is 9.47. The van der Waals surface area contributed by atoms with Crippen LogP contribution in [0, 0.1) is 11.3 Å². The summed E-state index contributed by atoms with van der Waals surface area (Å²) in [6.07, 6.45) is 1.90. The average Bonchev–Trinajstić information content (AvgIpc) is 2.29. The van der Waals surface area contributed by atoms with Crippen LogP contribution in [0.3, 0.4) is 0 Å². The van der Waals surface area contributed by atoms with Crippen molar-refractivity contribution in [3.8, 4) is 17.6 Å². The van der Waals surface area contributed by atoms with Gasteiger partial charge in [-0.2, -0.15) is 5.26 Å². The van der Waals surface area contributed by atoms with Gasteiger partial charge in [0.1, 0.15) is 11.5 Å². The Morgan fingerprint density at radius 3 is 2.07 bits per heavy atom. The first-order chi connectivity index (χ1) is 7.26. The van der Waals surface area contributed by atoms with Gasteiger partial charge in [0.25, 0.3) is 0 Å². The largest absolute Gasteiger partial charge is 0.496 e. The lowest BCUT2D eigenvalue weighted by molar-refractivity contribution is 0.384. The lowest BCUT2D eigenvalue weighted by Crippen LogP contribution is -1.97. The summed E-state index contributed by atoms with van der Waals surface area (Å²) >= 11 is 0. The van der Waals surface area contributed by atoms with Crippen LogP contribution in [-0.2, 0) is 6.42 Å². The second-order valence-electron chi connectivity index (χ2n) is 3.22. The number of hydrogen-bond acceptors (Lipinski definition) is 3. The van der Waals surface area contributed by atoms with Crippen molar-refractivity contribution >= 4 is 0 Å². The van der Waals surface area contributed by atoms with Gasteiger partial charge in [-0.15, -0.1) is 0 Å². The smallest absolute Gasteiger partial charge is 0.127 e. The van der Waals surface area contributed by atoms with Crippen molar-refractivity contribution in [2.75, 3.05) is 14.2 Å². The molecule has 1 rings (SSSR count). The van der Waals surface area contributed by atoms with E-state index in [0.29, 0.717) is 5.56 Å². The molecule has 0 aromatic heterocycles. The van der Waals surface area contributed by atoms with Crippen LogP contribution in [-0.4, -0.2) is 14.2 Å². The third-order valence-electron chi connectivity index (χ3n) is 2.24. The minimum Gasteiger partial charge on any atom is -0.496 e. The first kappa shape index (κ1) is 11.4. The second-order valence-corrected chi connectivity index (χ2v) is 3.22. The zero-order valence-electron chi connectivity index (χ0n) is 9.33. The zero-order chi connectivity index (χ0) is 11.3. The number of hydrogen-bond donors (Lipinski definition) is 0. The Balaban J connectivity index is 3.27. The van der Waals surface area contributed by atoms with Crippen molar-refractivity contribution in [3.05, 3.63) is 23.3 Å². The monoisotopic (exact) mass is 205 g/mol. The molecule has 0 saturated heterocycles. The summed E-state index contributed by atoms with van der Waals surface area (Å²) in [4.78, 5) is 0. The van der Waals surface area contributed by atoms with E-state index in [0.717, 1.165) is 29.9 Å². The molecular formula is C12H15NO2. The van der Waals surface area contributed by atoms with Gasteiger partial charge in [-0.25, -0.2) is 0 Å². The quantitative estimate of drug-likeness (QED) is 0.758. The fraction of sp³-hybridized carbons (Fsp3) is 0.417. The molecule has 0 saturated carbocycles. The summed E-state index contributed by atoms with van der Waals surface area (Å²) in [5, 5.41) is 8.84. The van der Waals surface area contributed by atoms with Crippen molar-refractivity contribution in [1.82, 2.24) is 0 Å². The van der Waals surface area contributed by atoms with E-state index in [-0.39, 0.29) is 0 Å². The summed E-state index contributed by atoms with van der Waals surface area (Å²) in [5.74, 6) is 1.46. The summed E-state index contributed by atoms with van der Waals surface area (Å²) in [7, 11) is 3.21. The number of methoxy groups -OCH3 is 2. The maximum Gasteiger partial charge on any atom is 0.127 e. The number of nitriles is 1. The van der Waals surface area contributed by atoms with E-state index in [9.17, 15) is 0 Å². The van der Waals surface area contributed by atoms with E-state index in [2.05, 4.69) is 13.0 Å². The van der Waals surface area contributed by atoms with Gasteiger partial charge in [-0.1, -0.05) is 13.3 Å². The minimum atomic E-state index is 0.559. The molecular weight excluding hydrogens is 190 g/mol. The molecule has 0 fully saturated rings. The standard InChI is InChI=1S/C12H15NO2/c1-4-5-10-11(14-2)6-9(8-13)7-12(10)15-3/h6-7H,4-5H2,1-3H3. The van der Waals surface area contributed by atoms with Gasteiger partial charge >= 0.3 is 0 Å². The zero-order valence-corrected chi connectivity index (χ0v) is 9.33. The van der Waals surface area contributed by atoms with Crippen molar-refractivity contribution in [2.24, 2.45) is 0 Å². The average molecular weight is 205 g/mol. The highest BCUT2D eigenvalue weighted by Gasteiger charge is 2.11. The molecule has 0 atom stereocenters. The Morgan fingerprint density at radius 1 is 1.20 bits per heavy atom. The van der Waals surface area contributed by atoms with E-state index >= 15 is 0 Å². The van der Waals surface area contributed by atoms with Gasteiger partial charge in [0.2, 0.25) is 0 Å². The molecule has 0 amide bonds. The third-order valence-corrected chi connectivity index (χ3v) is 2.24. The topological polar surface area (TPSA) is 42.2 Å². The highest BCUT2D eigenvalue weighted by molar-refractivity contribution is 5.51. The van der Waals surface area contributed by atoms with Crippen LogP contribution < -0.4 is 9.47 Å². The molecule has 0 aliphatic rings. The van der Waals surface area contributed by atoms with Crippen LogP contribution in [0.1, 0.15) is 24.5 Å². The number of nitrogens with zero attached hydrogens (tertiary/aromatic N) is 1. The second kappa shape index (κ2) is 5.26. The van der Waals surface area contributed by atoms with Crippen molar-refractivity contribution in [3.63, 3.8) is 0 Å². The SMILES string of the molecule is CCCc1c(OC)cc(C#N)cc1OC. The van der Waals surface area contributed by atoms with E-state index in [1.54, 1.807) is 26.4 Å². The lowest BCUT2D eigenvalue weighted by atomic mass is 10.0. The molecule has 0 N–H and O–H groups in total. The summed E-state index contributed by atoms with van der Waals surface area (Å²) in [5.41, 5.74) is 1.59. The van der Waals surface area contributed by atoms with Gasteiger partial charge in [0.05, 0.1) is 25.9 Å². The summed E-state index contributed by atoms with van der Waals surface area (Å²) < 4.78 is 10.5. The number of benzene rings is 1. The van der Waals surface area contributed by atoms with E-state index in [1.807, 2.05) is 0 Å². The number of ether oxygens (including phenoxy) is 2. The predicted molar refractivity (Wildman–Crippen MR) is 58.3 cm³/mol. The van der Waals surface area contributed by atoms with Gasteiger partial charge in [-0.3, -0.25) is 0 Å². The molecule has 3 heteroatoms. The molecule has 1 aromatic rings. The molecule has 0 spiro atoms. The van der Waals surface area contributed by atoms with Crippen LogP contribution >= 0.6 is 0 Å². The highest BCUT2D eigenvalue weighted by Crippen LogP contribution is 2.31. The maximum atomic E-state index is 8.84. The molecule has 15 heavy (non-hydrogen) atoms. The first-order valence-corrected chi connectivity index (χ1v) is 4.91. The molecule has 0 aliphatic heterocycles. The molecule has 0 unspecified atom stereocenters. The first-order valence-electron chi connectivity index (χ1n) is 4.91. The van der Waals surface area contributed by atoms with Crippen LogP contribution in [0.4, 0.5) is 0 Å². The fourth-order valence-corrected chi connectivity index (χ4v) is 1.54. The minimum absolute atomic E-state index is 0.559. The Hall–Kier alpha value is -1.69. The molecule has 0 aliphatic carbocycles. The van der Waals surface area contributed by atoms with Crippen LogP contribution in [0.15, 0.2) is 12.1 Å². The number of rotatable bonds is 4. The van der Waals surface area contributed by atoms with E-state index in [4.69, 9.17) is 14.7 Å². The van der Waals surface area contributed by atoms with Gasteiger partial charge < -0.3 is 9.47 Å². The third kappa shape index (κ3) is 2.41. The van der Waals surface area contributed by atoms with Crippen LogP contribution in [0.5, 0.6) is 11.5 Å². The van der Waals surface area contributed by atoms with Crippen molar-refractivity contribution in [1.29, 1.82) is 5.26 Å². The van der Waals surface area contributed by atoms with Crippen molar-refractivity contribution < 1.29 is 9.47 Å². The van der Waals surface area contributed by atoms with Gasteiger partial charge in [-0.05, 0) is 18.6 Å². The molecule has 0 bridgehead atoms.